The van der Waals surface area contributed by atoms with Gasteiger partial charge in [0.1, 0.15) is 18.8 Å². The van der Waals surface area contributed by atoms with Gasteiger partial charge in [-0.05, 0) is 29.9 Å². The number of Topliss-reactive ketones (excluding diaryl/α,β-unsaturated/α-hetero) is 1. The van der Waals surface area contributed by atoms with Crippen molar-refractivity contribution in [3.8, 4) is 0 Å². The Morgan fingerprint density at radius 3 is 2.09 bits per heavy atom. The fourth-order valence-electron chi connectivity index (χ4n) is 3.39. The van der Waals surface area contributed by atoms with E-state index in [1.807, 2.05) is 74.5 Å². The Labute approximate surface area is 188 Å². The molecule has 2 amide bonds. The van der Waals surface area contributed by atoms with Crippen LogP contribution in [0.1, 0.15) is 31.4 Å². The van der Waals surface area contributed by atoms with E-state index in [4.69, 9.17) is 9.47 Å². The molecule has 0 spiro atoms. The fourth-order valence-corrected chi connectivity index (χ4v) is 3.39. The van der Waals surface area contributed by atoms with Crippen molar-refractivity contribution >= 4 is 17.8 Å². The van der Waals surface area contributed by atoms with Crippen molar-refractivity contribution in [3.63, 3.8) is 0 Å². The van der Waals surface area contributed by atoms with Crippen molar-refractivity contribution in [2.45, 2.75) is 51.5 Å². The van der Waals surface area contributed by atoms with Crippen LogP contribution in [-0.2, 0) is 32.1 Å². The van der Waals surface area contributed by atoms with E-state index in [2.05, 4.69) is 10.6 Å². The predicted molar refractivity (Wildman–Crippen MR) is 120 cm³/mol. The van der Waals surface area contributed by atoms with Gasteiger partial charge in [0.15, 0.2) is 5.78 Å². The maximum Gasteiger partial charge on any atom is 0.408 e. The summed E-state index contributed by atoms with van der Waals surface area (Å²) < 4.78 is 10.4. The van der Waals surface area contributed by atoms with Gasteiger partial charge in [-0.3, -0.25) is 9.59 Å². The van der Waals surface area contributed by atoms with Crippen LogP contribution in [0.2, 0.25) is 0 Å². The Hall–Kier alpha value is -3.19. The largest absolute Gasteiger partial charge is 0.445 e. The van der Waals surface area contributed by atoms with Crippen LogP contribution in [0.5, 0.6) is 0 Å². The minimum absolute atomic E-state index is 0.108. The lowest BCUT2D eigenvalue weighted by Crippen LogP contribution is -2.53. The van der Waals surface area contributed by atoms with Crippen molar-refractivity contribution in [3.05, 3.63) is 71.8 Å². The summed E-state index contributed by atoms with van der Waals surface area (Å²) >= 11 is 0. The number of carbonyl (C=O) groups excluding carboxylic acids is 3. The number of epoxide rings is 1. The van der Waals surface area contributed by atoms with Gasteiger partial charge in [-0.2, -0.15) is 0 Å². The van der Waals surface area contributed by atoms with E-state index in [1.165, 1.54) is 0 Å². The summed E-state index contributed by atoms with van der Waals surface area (Å²) in [5.41, 5.74) is 1.79. The average Bonchev–Trinajstić information content (AvgIpc) is 3.63. The molecule has 1 aliphatic heterocycles. The van der Waals surface area contributed by atoms with Gasteiger partial charge in [0.05, 0.1) is 12.6 Å². The number of nitrogens with one attached hydrogen (secondary N) is 2. The lowest BCUT2D eigenvalue weighted by molar-refractivity contribution is -0.129. The minimum atomic E-state index is -0.815. The second-order valence-electron chi connectivity index (χ2n) is 8.36. The highest BCUT2D eigenvalue weighted by molar-refractivity contribution is 5.95. The van der Waals surface area contributed by atoms with E-state index < -0.39 is 30.2 Å². The van der Waals surface area contributed by atoms with Gasteiger partial charge in [0, 0.05) is 0 Å². The zero-order chi connectivity index (χ0) is 22.9. The number of benzene rings is 2. The molecule has 3 atom stereocenters. The third-order valence-corrected chi connectivity index (χ3v) is 5.12. The molecular weight excluding hydrogens is 408 g/mol. The van der Waals surface area contributed by atoms with Gasteiger partial charge < -0.3 is 20.1 Å². The molecular formula is C25H30N2O5. The molecule has 2 aromatic carbocycles. The van der Waals surface area contributed by atoms with Crippen LogP contribution < -0.4 is 10.6 Å². The van der Waals surface area contributed by atoms with E-state index in [-0.39, 0.29) is 18.3 Å². The molecule has 2 aromatic rings. The highest BCUT2D eigenvalue weighted by Crippen LogP contribution is 2.16. The second kappa shape index (κ2) is 11.4. The number of carbonyl (C=O) groups is 3. The van der Waals surface area contributed by atoms with Crippen LogP contribution >= 0.6 is 0 Å². The molecule has 1 fully saturated rings. The van der Waals surface area contributed by atoms with Gasteiger partial charge in [-0.15, -0.1) is 0 Å². The molecule has 1 unspecified atom stereocenters. The first kappa shape index (κ1) is 23.5. The Balaban J connectivity index is 1.63. The number of hydrogen-bond acceptors (Lipinski definition) is 5. The molecule has 0 bridgehead atoms. The van der Waals surface area contributed by atoms with Crippen LogP contribution in [0.3, 0.4) is 0 Å². The molecule has 0 radical (unpaired) electrons. The third kappa shape index (κ3) is 7.50. The first-order chi connectivity index (χ1) is 15.4. The highest BCUT2D eigenvalue weighted by Gasteiger charge is 2.38. The number of hydrogen-bond donors (Lipinski definition) is 2. The highest BCUT2D eigenvalue weighted by atomic mass is 16.6. The number of ether oxygens (including phenoxy) is 2. The lowest BCUT2D eigenvalue weighted by Gasteiger charge is -2.23. The smallest absolute Gasteiger partial charge is 0.408 e. The van der Waals surface area contributed by atoms with E-state index in [9.17, 15) is 14.4 Å². The molecule has 32 heavy (non-hydrogen) atoms. The van der Waals surface area contributed by atoms with Gasteiger partial charge in [-0.1, -0.05) is 74.5 Å². The molecule has 1 aliphatic rings. The zero-order valence-electron chi connectivity index (χ0n) is 18.5. The SMILES string of the molecule is CC(C)C[C@H](NC(=O)OCc1ccccc1)C(=O)N[C@@H](Cc1ccccc1)C(=O)C1CO1. The molecule has 170 valence electrons. The van der Waals surface area contributed by atoms with Crippen LogP contribution in [0.15, 0.2) is 60.7 Å². The number of amides is 2. The zero-order valence-corrected chi connectivity index (χ0v) is 18.5. The summed E-state index contributed by atoms with van der Waals surface area (Å²) in [6, 6.07) is 17.2. The Morgan fingerprint density at radius 1 is 0.938 bits per heavy atom. The summed E-state index contributed by atoms with van der Waals surface area (Å²) in [6.07, 6.45) is -0.376. The fraction of sp³-hybridized carbons (Fsp3) is 0.400. The molecule has 7 nitrogen and oxygen atoms in total. The second-order valence-corrected chi connectivity index (χ2v) is 8.36. The van der Waals surface area contributed by atoms with Crippen LogP contribution in [0.4, 0.5) is 4.79 Å². The molecule has 0 saturated carbocycles. The molecule has 2 N–H and O–H groups in total. The molecule has 1 heterocycles. The summed E-state index contributed by atoms with van der Waals surface area (Å²) in [7, 11) is 0. The van der Waals surface area contributed by atoms with Gasteiger partial charge in [0.2, 0.25) is 5.91 Å². The quantitative estimate of drug-likeness (QED) is 0.526. The molecule has 7 heteroatoms. The maximum absolute atomic E-state index is 13.1. The van der Waals surface area contributed by atoms with E-state index >= 15 is 0 Å². The van der Waals surface area contributed by atoms with Crippen molar-refractivity contribution in [2.24, 2.45) is 5.92 Å². The number of rotatable bonds is 11. The van der Waals surface area contributed by atoms with Crippen molar-refractivity contribution in [2.75, 3.05) is 6.61 Å². The third-order valence-electron chi connectivity index (χ3n) is 5.12. The molecule has 3 rings (SSSR count). The van der Waals surface area contributed by atoms with Gasteiger partial charge in [-0.25, -0.2) is 4.79 Å². The van der Waals surface area contributed by atoms with E-state index in [1.54, 1.807) is 0 Å². The Bertz CT molecular complexity index is 897. The van der Waals surface area contributed by atoms with Crippen LogP contribution in [0.25, 0.3) is 0 Å². The Morgan fingerprint density at radius 2 is 1.53 bits per heavy atom. The summed E-state index contributed by atoms with van der Waals surface area (Å²) in [5.74, 6) is -0.419. The first-order valence-corrected chi connectivity index (χ1v) is 10.9. The lowest BCUT2D eigenvalue weighted by atomic mass is 9.98. The summed E-state index contributed by atoms with van der Waals surface area (Å²) in [4.78, 5) is 38.1. The average molecular weight is 439 g/mol. The number of alkyl carbamates (subject to hydrolysis) is 1. The van der Waals surface area contributed by atoms with Gasteiger partial charge in [0.25, 0.3) is 0 Å². The maximum atomic E-state index is 13.1. The van der Waals surface area contributed by atoms with E-state index in [0.29, 0.717) is 19.4 Å². The summed E-state index contributed by atoms with van der Waals surface area (Å²) in [6.45, 7) is 4.40. The van der Waals surface area contributed by atoms with Gasteiger partial charge >= 0.3 is 6.09 Å². The first-order valence-electron chi connectivity index (χ1n) is 10.9. The molecule has 0 aliphatic carbocycles. The van der Waals surface area contributed by atoms with Crippen molar-refractivity contribution < 1.29 is 23.9 Å². The van der Waals surface area contributed by atoms with Crippen molar-refractivity contribution in [1.82, 2.24) is 10.6 Å². The predicted octanol–water partition coefficient (Wildman–Crippen LogP) is 3.02. The topological polar surface area (TPSA) is 97.0 Å². The minimum Gasteiger partial charge on any atom is -0.445 e. The molecule has 0 aromatic heterocycles. The van der Waals surface area contributed by atoms with Crippen LogP contribution in [0, 0.1) is 5.92 Å². The number of ketones is 1. The monoisotopic (exact) mass is 438 g/mol. The van der Waals surface area contributed by atoms with Crippen molar-refractivity contribution in [1.29, 1.82) is 0 Å². The standard InChI is InChI=1S/C25H30N2O5/c1-17(2)13-21(27-25(30)32-15-19-11-7-4-8-12-19)24(29)26-20(23(28)22-16-31-22)14-18-9-5-3-6-10-18/h3-12,17,20-22H,13-16H2,1-2H3,(H,26,29)(H,27,30)/t20-,21-,22?/m0/s1. The molecule has 1 saturated heterocycles. The Kier molecular flexibility index (Phi) is 8.39. The summed E-state index contributed by atoms with van der Waals surface area (Å²) in [5, 5.41) is 5.49. The normalized spacial score (nSPS) is 16.7. The van der Waals surface area contributed by atoms with Crippen LogP contribution in [-0.4, -0.2) is 42.6 Å². The van der Waals surface area contributed by atoms with E-state index in [0.717, 1.165) is 11.1 Å².